The summed E-state index contributed by atoms with van der Waals surface area (Å²) in [6.07, 6.45) is -4.35. The van der Waals surface area contributed by atoms with Crippen molar-refractivity contribution in [2.24, 2.45) is 0 Å². The van der Waals surface area contributed by atoms with Crippen molar-refractivity contribution >= 4 is 23.0 Å². The van der Waals surface area contributed by atoms with Crippen LogP contribution in [0.1, 0.15) is 12.5 Å². The zero-order valence-corrected chi connectivity index (χ0v) is 14.9. The number of para-hydroxylation sites is 2. The summed E-state index contributed by atoms with van der Waals surface area (Å²) < 4.78 is 38.6. The molecule has 142 valence electrons. The summed E-state index contributed by atoms with van der Waals surface area (Å²) in [5.74, 6) is 0.0505. The molecule has 0 radical (unpaired) electrons. The molecule has 7 heteroatoms. The lowest BCUT2D eigenvalue weighted by molar-refractivity contribution is -0.137. The van der Waals surface area contributed by atoms with Crippen molar-refractivity contribution in [3.63, 3.8) is 0 Å². The van der Waals surface area contributed by atoms with Crippen LogP contribution in [0, 0.1) is 0 Å². The van der Waals surface area contributed by atoms with Crippen LogP contribution in [0.5, 0.6) is 0 Å². The molecular weight excluding hydrogens is 355 g/mol. The minimum absolute atomic E-state index is 0.0505. The third-order valence-electron chi connectivity index (χ3n) is 5.31. The first kappa shape index (κ1) is 17.7. The van der Waals surface area contributed by atoms with Crippen LogP contribution in [0.15, 0.2) is 48.5 Å². The van der Waals surface area contributed by atoms with Gasteiger partial charge in [0.25, 0.3) is 0 Å². The summed E-state index contributed by atoms with van der Waals surface area (Å²) in [4.78, 5) is 18.0. The Morgan fingerprint density at radius 1 is 0.963 bits per heavy atom. The summed E-state index contributed by atoms with van der Waals surface area (Å²) in [6.45, 7) is 4.23. The zero-order chi connectivity index (χ0) is 19.2. The first-order valence-electron chi connectivity index (χ1n) is 8.90. The summed E-state index contributed by atoms with van der Waals surface area (Å²) in [6, 6.07) is 13.3. The second-order valence-corrected chi connectivity index (χ2v) is 6.96. The van der Waals surface area contributed by atoms with Gasteiger partial charge in [0.05, 0.1) is 23.0 Å². The average Bonchev–Trinajstić information content (AvgIpc) is 2.66. The fourth-order valence-electron chi connectivity index (χ4n) is 3.93. The monoisotopic (exact) mass is 375 g/mol. The molecule has 0 aromatic heterocycles. The van der Waals surface area contributed by atoms with Gasteiger partial charge in [0, 0.05) is 38.8 Å². The Hall–Kier alpha value is -2.70. The molecule has 1 fully saturated rings. The van der Waals surface area contributed by atoms with Crippen LogP contribution in [0.4, 0.5) is 30.2 Å². The molecular formula is C20H20F3N3O. The lowest BCUT2D eigenvalue weighted by Gasteiger charge is -2.49. The van der Waals surface area contributed by atoms with E-state index in [2.05, 4.69) is 4.90 Å². The normalized spacial score (nSPS) is 19.6. The number of hydrogen-bond donors (Lipinski definition) is 0. The third-order valence-corrected chi connectivity index (χ3v) is 5.31. The number of alkyl halides is 3. The van der Waals surface area contributed by atoms with Gasteiger partial charge in [0.15, 0.2) is 0 Å². The van der Waals surface area contributed by atoms with Crippen molar-refractivity contribution in [2.75, 3.05) is 36.0 Å². The van der Waals surface area contributed by atoms with Crippen LogP contribution in [-0.2, 0) is 11.0 Å². The van der Waals surface area contributed by atoms with Gasteiger partial charge in [-0.05, 0) is 36.4 Å². The maximum Gasteiger partial charge on any atom is 0.416 e. The molecule has 0 unspecified atom stereocenters. The Balaban J connectivity index is 1.69. The molecule has 1 atom stereocenters. The molecule has 4 rings (SSSR count). The molecule has 1 saturated heterocycles. The van der Waals surface area contributed by atoms with E-state index in [-0.39, 0.29) is 11.9 Å². The van der Waals surface area contributed by atoms with E-state index in [0.29, 0.717) is 19.6 Å². The Bertz CT molecular complexity index is 850. The minimum atomic E-state index is -4.35. The van der Waals surface area contributed by atoms with Crippen molar-refractivity contribution in [1.82, 2.24) is 4.90 Å². The molecule has 0 aliphatic carbocycles. The van der Waals surface area contributed by atoms with Crippen molar-refractivity contribution in [2.45, 2.75) is 19.1 Å². The Labute approximate surface area is 155 Å². The number of anilines is 3. The number of fused-ring (bicyclic) bond motifs is 3. The molecule has 2 aliphatic rings. The lowest BCUT2D eigenvalue weighted by atomic mass is 10.0. The average molecular weight is 375 g/mol. The van der Waals surface area contributed by atoms with Gasteiger partial charge in [-0.3, -0.25) is 4.79 Å². The summed E-state index contributed by atoms with van der Waals surface area (Å²) in [5, 5.41) is 0. The van der Waals surface area contributed by atoms with E-state index >= 15 is 0 Å². The van der Waals surface area contributed by atoms with Crippen LogP contribution in [-0.4, -0.2) is 43.0 Å². The highest BCUT2D eigenvalue weighted by molar-refractivity contribution is 5.81. The maximum atomic E-state index is 12.9. The van der Waals surface area contributed by atoms with Crippen LogP contribution in [0.25, 0.3) is 0 Å². The predicted molar refractivity (Wildman–Crippen MR) is 98.3 cm³/mol. The molecule has 4 nitrogen and oxygen atoms in total. The second-order valence-electron chi connectivity index (χ2n) is 6.96. The van der Waals surface area contributed by atoms with E-state index in [4.69, 9.17) is 0 Å². The van der Waals surface area contributed by atoms with Crippen molar-refractivity contribution in [3.8, 4) is 0 Å². The number of halogens is 3. The maximum absolute atomic E-state index is 12.9. The third kappa shape index (κ3) is 3.22. The standard InChI is InChI=1S/C20H20F3N3O/c1-14(27)24-10-11-25-17(12-24)13-26(19-5-3-2-4-18(19)25)16-8-6-15(7-9-16)20(21,22)23/h2-9,17H,10-13H2,1H3/t17-/m1/s1. The zero-order valence-electron chi connectivity index (χ0n) is 14.9. The second kappa shape index (κ2) is 6.48. The quantitative estimate of drug-likeness (QED) is 0.757. The summed E-state index contributed by atoms with van der Waals surface area (Å²) >= 11 is 0. The van der Waals surface area contributed by atoms with Gasteiger partial charge >= 0.3 is 6.18 Å². The van der Waals surface area contributed by atoms with Gasteiger partial charge in [0.2, 0.25) is 5.91 Å². The van der Waals surface area contributed by atoms with Gasteiger partial charge in [0.1, 0.15) is 0 Å². The molecule has 1 amide bonds. The molecule has 2 aromatic carbocycles. The van der Waals surface area contributed by atoms with E-state index in [1.165, 1.54) is 12.1 Å². The van der Waals surface area contributed by atoms with E-state index in [0.717, 1.165) is 35.7 Å². The smallest absolute Gasteiger partial charge is 0.362 e. The number of carbonyl (C=O) groups excluding carboxylic acids is 1. The highest BCUT2D eigenvalue weighted by Crippen LogP contribution is 2.41. The highest BCUT2D eigenvalue weighted by Gasteiger charge is 2.36. The largest absolute Gasteiger partial charge is 0.416 e. The molecule has 0 spiro atoms. The molecule has 2 aliphatic heterocycles. The van der Waals surface area contributed by atoms with Crippen LogP contribution in [0.2, 0.25) is 0 Å². The molecule has 2 aromatic rings. The van der Waals surface area contributed by atoms with Crippen molar-refractivity contribution < 1.29 is 18.0 Å². The fourth-order valence-corrected chi connectivity index (χ4v) is 3.93. The first-order chi connectivity index (χ1) is 12.8. The number of benzene rings is 2. The van der Waals surface area contributed by atoms with Crippen molar-refractivity contribution in [1.29, 1.82) is 0 Å². The first-order valence-corrected chi connectivity index (χ1v) is 8.90. The van der Waals surface area contributed by atoms with Gasteiger partial charge in [-0.1, -0.05) is 12.1 Å². The Kier molecular flexibility index (Phi) is 4.25. The van der Waals surface area contributed by atoms with Gasteiger partial charge in [-0.2, -0.15) is 13.2 Å². The summed E-state index contributed by atoms with van der Waals surface area (Å²) in [7, 11) is 0. The number of carbonyl (C=O) groups is 1. The van der Waals surface area contributed by atoms with E-state index in [1.54, 1.807) is 6.92 Å². The lowest BCUT2D eigenvalue weighted by Crippen LogP contribution is -2.60. The van der Waals surface area contributed by atoms with Crippen molar-refractivity contribution in [3.05, 3.63) is 54.1 Å². The molecule has 2 heterocycles. The van der Waals surface area contributed by atoms with Crippen LogP contribution in [0.3, 0.4) is 0 Å². The molecule has 0 N–H and O–H groups in total. The topological polar surface area (TPSA) is 26.8 Å². The Morgan fingerprint density at radius 3 is 2.26 bits per heavy atom. The van der Waals surface area contributed by atoms with Gasteiger partial charge in [-0.15, -0.1) is 0 Å². The number of hydrogen-bond acceptors (Lipinski definition) is 3. The van der Waals surface area contributed by atoms with E-state index in [9.17, 15) is 18.0 Å². The van der Waals surface area contributed by atoms with Crippen LogP contribution >= 0.6 is 0 Å². The van der Waals surface area contributed by atoms with Gasteiger partial charge in [-0.25, -0.2) is 0 Å². The SMILES string of the molecule is CC(=O)N1CCN2c3ccccc3N(c3ccc(C(F)(F)F)cc3)C[C@H]2C1. The van der Waals surface area contributed by atoms with Crippen LogP contribution < -0.4 is 9.80 Å². The molecule has 0 saturated carbocycles. The summed E-state index contributed by atoms with van der Waals surface area (Å²) in [5.41, 5.74) is 2.09. The van der Waals surface area contributed by atoms with E-state index < -0.39 is 11.7 Å². The fraction of sp³-hybridized carbons (Fsp3) is 0.350. The number of amides is 1. The number of nitrogens with zero attached hydrogens (tertiary/aromatic N) is 3. The van der Waals surface area contributed by atoms with Gasteiger partial charge < -0.3 is 14.7 Å². The predicted octanol–water partition coefficient (Wildman–Crippen LogP) is 3.89. The highest BCUT2D eigenvalue weighted by atomic mass is 19.4. The molecule has 0 bridgehead atoms. The number of piperazine rings is 1. The van der Waals surface area contributed by atoms with E-state index in [1.807, 2.05) is 34.1 Å². The molecule has 27 heavy (non-hydrogen) atoms. The Morgan fingerprint density at radius 2 is 1.63 bits per heavy atom. The number of rotatable bonds is 1. The minimum Gasteiger partial charge on any atom is -0.362 e.